The van der Waals surface area contributed by atoms with E-state index in [0.717, 1.165) is 17.6 Å². The second kappa shape index (κ2) is 3.98. The Morgan fingerprint density at radius 1 is 1.38 bits per heavy atom. The van der Waals surface area contributed by atoms with Crippen molar-refractivity contribution in [1.29, 1.82) is 0 Å². The van der Waals surface area contributed by atoms with Crippen molar-refractivity contribution in [3.8, 4) is 0 Å². The van der Waals surface area contributed by atoms with Crippen LogP contribution in [0.4, 0.5) is 6.01 Å². The van der Waals surface area contributed by atoms with Gasteiger partial charge in [-0.2, -0.15) is 4.98 Å². The summed E-state index contributed by atoms with van der Waals surface area (Å²) >= 11 is 5.88. The van der Waals surface area contributed by atoms with Crippen LogP contribution in [-0.2, 0) is 0 Å². The van der Waals surface area contributed by atoms with Gasteiger partial charge in [0.2, 0.25) is 0 Å². The molecule has 0 saturated carbocycles. The lowest BCUT2D eigenvalue weighted by Gasteiger charge is -2.17. The monoisotopic (exact) mass is 238 g/mol. The quantitative estimate of drug-likeness (QED) is 0.861. The maximum Gasteiger partial charge on any atom is 0.295 e. The average Bonchev–Trinajstić information content (AvgIpc) is 2.55. The van der Waals surface area contributed by atoms with Gasteiger partial charge in [-0.25, -0.2) is 0 Å². The first-order chi connectivity index (χ1) is 7.44. The highest BCUT2D eigenvalue weighted by molar-refractivity contribution is 6.31. The Morgan fingerprint density at radius 3 is 2.81 bits per heavy atom. The van der Waals surface area contributed by atoms with Crippen LogP contribution in [0.3, 0.4) is 0 Å². The zero-order valence-electron chi connectivity index (χ0n) is 9.67. The summed E-state index contributed by atoms with van der Waals surface area (Å²) in [4.78, 5) is 4.31. The second-order valence-electron chi connectivity index (χ2n) is 5.05. The minimum absolute atomic E-state index is 0.193. The molecule has 86 valence electrons. The van der Waals surface area contributed by atoms with Gasteiger partial charge < -0.3 is 9.73 Å². The SMILES string of the molecule is CC(C)(C)CNc1nc2cc(Cl)ccc2o1. The van der Waals surface area contributed by atoms with E-state index in [1.165, 1.54) is 0 Å². The molecule has 0 unspecified atom stereocenters. The molecule has 0 fully saturated rings. The topological polar surface area (TPSA) is 38.1 Å². The Morgan fingerprint density at radius 2 is 2.12 bits per heavy atom. The van der Waals surface area contributed by atoms with E-state index in [4.69, 9.17) is 16.0 Å². The molecule has 0 amide bonds. The molecule has 3 nitrogen and oxygen atoms in total. The molecule has 1 N–H and O–H groups in total. The largest absolute Gasteiger partial charge is 0.424 e. The Hall–Kier alpha value is -1.22. The van der Waals surface area contributed by atoms with Crippen LogP contribution in [-0.4, -0.2) is 11.5 Å². The third kappa shape index (κ3) is 2.67. The van der Waals surface area contributed by atoms with Gasteiger partial charge in [0.25, 0.3) is 6.01 Å². The maximum atomic E-state index is 5.88. The van der Waals surface area contributed by atoms with Crippen molar-refractivity contribution in [1.82, 2.24) is 4.98 Å². The molecular weight excluding hydrogens is 224 g/mol. The minimum Gasteiger partial charge on any atom is -0.424 e. The summed E-state index contributed by atoms with van der Waals surface area (Å²) in [6.45, 7) is 7.27. The molecule has 0 bridgehead atoms. The third-order valence-electron chi connectivity index (χ3n) is 2.12. The number of anilines is 1. The number of hydrogen-bond donors (Lipinski definition) is 1. The van der Waals surface area contributed by atoms with Gasteiger partial charge in [-0.1, -0.05) is 32.4 Å². The van der Waals surface area contributed by atoms with Crippen LogP contribution in [0, 0.1) is 5.41 Å². The summed E-state index contributed by atoms with van der Waals surface area (Å²) in [5.74, 6) is 0. The number of benzene rings is 1. The number of halogens is 1. The van der Waals surface area contributed by atoms with Crippen LogP contribution in [0.15, 0.2) is 22.6 Å². The van der Waals surface area contributed by atoms with E-state index in [9.17, 15) is 0 Å². The molecule has 1 aromatic carbocycles. The van der Waals surface area contributed by atoms with E-state index in [1.54, 1.807) is 12.1 Å². The zero-order valence-corrected chi connectivity index (χ0v) is 10.4. The standard InChI is InChI=1S/C12H15ClN2O/c1-12(2,3)7-14-11-15-9-6-8(13)4-5-10(9)16-11/h4-6H,7H2,1-3H3,(H,14,15). The summed E-state index contributed by atoms with van der Waals surface area (Å²) < 4.78 is 5.54. The van der Waals surface area contributed by atoms with Gasteiger partial charge in [0.05, 0.1) is 0 Å². The highest BCUT2D eigenvalue weighted by atomic mass is 35.5. The van der Waals surface area contributed by atoms with Crippen molar-refractivity contribution >= 4 is 28.7 Å². The molecule has 0 aliphatic rings. The van der Waals surface area contributed by atoms with Crippen molar-refractivity contribution in [2.24, 2.45) is 5.41 Å². The number of fused-ring (bicyclic) bond motifs is 1. The Labute approximate surface area is 99.8 Å². The highest BCUT2D eigenvalue weighted by Gasteiger charge is 2.12. The molecule has 0 aliphatic heterocycles. The predicted octanol–water partition coefficient (Wildman–Crippen LogP) is 3.94. The fourth-order valence-electron chi connectivity index (χ4n) is 1.32. The molecule has 2 rings (SSSR count). The Bertz CT molecular complexity index is 499. The molecule has 4 heteroatoms. The van der Waals surface area contributed by atoms with Crippen molar-refractivity contribution in [2.45, 2.75) is 20.8 Å². The lowest BCUT2D eigenvalue weighted by molar-refractivity contribution is 0.435. The number of nitrogens with one attached hydrogen (secondary N) is 1. The van der Waals surface area contributed by atoms with E-state index in [1.807, 2.05) is 6.07 Å². The molecule has 0 aliphatic carbocycles. The molecule has 1 heterocycles. The predicted molar refractivity (Wildman–Crippen MR) is 67.0 cm³/mol. The van der Waals surface area contributed by atoms with E-state index < -0.39 is 0 Å². The summed E-state index contributed by atoms with van der Waals surface area (Å²) in [6.07, 6.45) is 0. The van der Waals surface area contributed by atoms with Crippen LogP contribution in [0.5, 0.6) is 0 Å². The summed E-state index contributed by atoms with van der Waals surface area (Å²) in [6, 6.07) is 5.96. The minimum atomic E-state index is 0.193. The van der Waals surface area contributed by atoms with Crippen LogP contribution in [0.25, 0.3) is 11.1 Å². The van der Waals surface area contributed by atoms with Crippen LogP contribution < -0.4 is 5.32 Å². The molecule has 0 saturated heterocycles. The van der Waals surface area contributed by atoms with Crippen LogP contribution in [0.1, 0.15) is 20.8 Å². The fourth-order valence-corrected chi connectivity index (χ4v) is 1.48. The first kappa shape index (κ1) is 11.3. The Kier molecular flexibility index (Phi) is 2.80. The number of aromatic nitrogens is 1. The smallest absolute Gasteiger partial charge is 0.295 e. The molecular formula is C12H15ClN2O. The Balaban J connectivity index is 2.20. The summed E-state index contributed by atoms with van der Waals surface area (Å²) in [5, 5.41) is 3.84. The van der Waals surface area contributed by atoms with Crippen molar-refractivity contribution in [3.63, 3.8) is 0 Å². The van der Waals surface area contributed by atoms with Gasteiger partial charge in [0.1, 0.15) is 5.52 Å². The van der Waals surface area contributed by atoms with E-state index in [-0.39, 0.29) is 5.41 Å². The van der Waals surface area contributed by atoms with Gasteiger partial charge in [0, 0.05) is 11.6 Å². The van der Waals surface area contributed by atoms with Gasteiger partial charge in [0.15, 0.2) is 5.58 Å². The van der Waals surface area contributed by atoms with Crippen molar-refractivity contribution in [3.05, 3.63) is 23.2 Å². The zero-order chi connectivity index (χ0) is 11.8. The second-order valence-corrected chi connectivity index (χ2v) is 5.48. The van der Waals surface area contributed by atoms with Crippen LogP contribution >= 0.6 is 11.6 Å². The maximum absolute atomic E-state index is 5.88. The van der Waals surface area contributed by atoms with Gasteiger partial charge in [-0.05, 0) is 23.6 Å². The number of nitrogens with zero attached hydrogens (tertiary/aromatic N) is 1. The highest BCUT2D eigenvalue weighted by Crippen LogP contribution is 2.23. The van der Waals surface area contributed by atoms with E-state index in [2.05, 4.69) is 31.1 Å². The summed E-state index contributed by atoms with van der Waals surface area (Å²) in [7, 11) is 0. The lowest BCUT2D eigenvalue weighted by Crippen LogP contribution is -2.19. The third-order valence-corrected chi connectivity index (χ3v) is 2.35. The van der Waals surface area contributed by atoms with Crippen molar-refractivity contribution in [2.75, 3.05) is 11.9 Å². The number of rotatable bonds is 2. The summed E-state index contributed by atoms with van der Waals surface area (Å²) in [5.41, 5.74) is 1.72. The van der Waals surface area contributed by atoms with Gasteiger partial charge in [-0.15, -0.1) is 0 Å². The first-order valence-electron chi connectivity index (χ1n) is 5.24. The van der Waals surface area contributed by atoms with Crippen molar-refractivity contribution < 1.29 is 4.42 Å². The number of oxazole rings is 1. The lowest BCUT2D eigenvalue weighted by atomic mass is 9.97. The molecule has 2 aromatic rings. The van der Waals surface area contributed by atoms with Gasteiger partial charge >= 0.3 is 0 Å². The average molecular weight is 239 g/mol. The van der Waals surface area contributed by atoms with Gasteiger partial charge in [-0.3, -0.25) is 0 Å². The van der Waals surface area contributed by atoms with E-state index in [0.29, 0.717) is 11.0 Å². The normalized spacial score (nSPS) is 12.0. The molecule has 0 radical (unpaired) electrons. The van der Waals surface area contributed by atoms with E-state index >= 15 is 0 Å². The molecule has 0 spiro atoms. The molecule has 16 heavy (non-hydrogen) atoms. The first-order valence-corrected chi connectivity index (χ1v) is 5.62. The number of hydrogen-bond acceptors (Lipinski definition) is 3. The fraction of sp³-hybridized carbons (Fsp3) is 0.417. The molecule has 1 aromatic heterocycles. The molecule has 0 atom stereocenters. The van der Waals surface area contributed by atoms with Crippen LogP contribution in [0.2, 0.25) is 5.02 Å².